The van der Waals surface area contributed by atoms with Gasteiger partial charge in [-0.05, 0) is 74.8 Å². The van der Waals surface area contributed by atoms with E-state index in [-0.39, 0.29) is 11.9 Å². The Bertz CT molecular complexity index is 1220. The highest BCUT2D eigenvalue weighted by molar-refractivity contribution is 7.99. The van der Waals surface area contributed by atoms with Crippen LogP contribution in [0.5, 0.6) is 0 Å². The van der Waals surface area contributed by atoms with E-state index in [4.69, 9.17) is 9.83 Å². The molecular weight excluding hydrogens is 435 g/mol. The third kappa shape index (κ3) is 4.94. The summed E-state index contributed by atoms with van der Waals surface area (Å²) in [6.45, 7) is 6.59. The Kier molecular flexibility index (Phi) is 6.17. The number of nitrogens with one attached hydrogen (secondary N) is 1. The fourth-order valence-corrected chi connectivity index (χ4v) is 5.06. The van der Waals surface area contributed by atoms with Gasteiger partial charge in [0.2, 0.25) is 0 Å². The highest BCUT2D eigenvalue weighted by Crippen LogP contribution is 2.43. The molecule has 2 aromatic carbocycles. The van der Waals surface area contributed by atoms with Crippen LogP contribution in [-0.2, 0) is 11.3 Å². The van der Waals surface area contributed by atoms with Crippen molar-refractivity contribution in [2.75, 3.05) is 6.61 Å². The van der Waals surface area contributed by atoms with E-state index in [0.717, 1.165) is 36.1 Å². The van der Waals surface area contributed by atoms with Crippen LogP contribution in [-0.4, -0.2) is 28.7 Å². The molecule has 1 atom stereocenters. The quantitative estimate of drug-likeness (QED) is 0.527. The molecule has 33 heavy (non-hydrogen) atoms. The molecule has 1 aliphatic carbocycles. The maximum Gasteiger partial charge on any atom is 0.155 e. The predicted octanol–water partition coefficient (Wildman–Crippen LogP) is 5.46. The number of rotatable bonds is 6. The highest BCUT2D eigenvalue weighted by atomic mass is 32.2. The first-order chi connectivity index (χ1) is 16.0. The van der Waals surface area contributed by atoms with Crippen LogP contribution in [0.3, 0.4) is 0 Å². The number of benzene rings is 2. The Hall–Kier alpha value is -2.77. The molecule has 1 unspecified atom stereocenters. The zero-order chi connectivity index (χ0) is 22.9. The lowest BCUT2D eigenvalue weighted by Crippen LogP contribution is -2.37. The van der Waals surface area contributed by atoms with Crippen molar-refractivity contribution in [1.29, 1.82) is 0 Å². The van der Waals surface area contributed by atoms with Crippen molar-refractivity contribution in [2.45, 2.75) is 61.9 Å². The number of aryl methyl sites for hydroxylation is 3. The molecule has 1 aliphatic heterocycles. The van der Waals surface area contributed by atoms with Gasteiger partial charge in [0.25, 0.3) is 0 Å². The number of hydrogen-bond acceptors (Lipinski definition) is 6. The smallest absolute Gasteiger partial charge is 0.155 e. The molecule has 5 nitrogen and oxygen atoms in total. The van der Waals surface area contributed by atoms with Crippen molar-refractivity contribution in [3.05, 3.63) is 81.8 Å². The molecule has 3 aromatic rings. The molecule has 0 radical (unpaired) electrons. The number of amidine groups is 1. The second kappa shape index (κ2) is 9.23. The van der Waals surface area contributed by atoms with E-state index in [1.807, 2.05) is 25.1 Å². The van der Waals surface area contributed by atoms with Crippen LogP contribution in [0.1, 0.15) is 52.3 Å². The lowest BCUT2D eigenvalue weighted by molar-refractivity contribution is 0.0622. The van der Waals surface area contributed by atoms with Gasteiger partial charge in [0.05, 0.1) is 23.9 Å². The van der Waals surface area contributed by atoms with E-state index in [1.165, 1.54) is 28.5 Å². The molecule has 170 valence electrons. The first kappa shape index (κ1) is 22.0. The molecule has 0 spiro atoms. The molecule has 0 amide bonds. The third-order valence-electron chi connectivity index (χ3n) is 6.06. The van der Waals surface area contributed by atoms with Crippen LogP contribution >= 0.6 is 11.8 Å². The monoisotopic (exact) mass is 462 g/mol. The Morgan fingerprint density at radius 3 is 2.73 bits per heavy atom. The van der Waals surface area contributed by atoms with Crippen molar-refractivity contribution in [1.82, 2.24) is 15.7 Å². The summed E-state index contributed by atoms with van der Waals surface area (Å²) in [5, 5.41) is 9.21. The summed E-state index contributed by atoms with van der Waals surface area (Å²) >= 11 is 1.29. The summed E-state index contributed by atoms with van der Waals surface area (Å²) in [6, 6.07) is 14.0. The summed E-state index contributed by atoms with van der Waals surface area (Å²) < 4.78 is 15.1. The van der Waals surface area contributed by atoms with Gasteiger partial charge in [-0.2, -0.15) is 5.10 Å². The number of hydroxylamine groups is 1. The molecule has 0 bridgehead atoms. The molecule has 1 saturated carbocycles. The minimum atomic E-state index is -0.152. The van der Waals surface area contributed by atoms with E-state index < -0.39 is 0 Å². The molecule has 0 saturated heterocycles. The van der Waals surface area contributed by atoms with E-state index in [0.29, 0.717) is 28.3 Å². The van der Waals surface area contributed by atoms with Gasteiger partial charge < -0.3 is 0 Å². The number of aliphatic imine (C=N–C) groups is 1. The normalized spacial score (nSPS) is 18.1. The van der Waals surface area contributed by atoms with Gasteiger partial charge in [-0.1, -0.05) is 47.7 Å². The first-order valence-corrected chi connectivity index (χ1v) is 12.1. The molecule has 7 heteroatoms. The van der Waals surface area contributed by atoms with Gasteiger partial charge in [-0.25, -0.2) is 9.87 Å². The van der Waals surface area contributed by atoms with Gasteiger partial charge in [0.15, 0.2) is 5.84 Å². The van der Waals surface area contributed by atoms with Crippen LogP contribution in [0, 0.1) is 26.6 Å². The van der Waals surface area contributed by atoms with Gasteiger partial charge in [-0.15, -0.1) is 5.10 Å². The maximum atomic E-state index is 15.1. The topological polar surface area (TPSA) is 59.4 Å². The van der Waals surface area contributed by atoms with Crippen molar-refractivity contribution < 1.29 is 9.23 Å². The van der Waals surface area contributed by atoms with E-state index in [2.05, 4.69) is 47.7 Å². The summed E-state index contributed by atoms with van der Waals surface area (Å²) in [4.78, 5) is 11.2. The maximum absolute atomic E-state index is 15.1. The lowest BCUT2D eigenvalue weighted by atomic mass is 9.99. The molecule has 1 fully saturated rings. The molecule has 2 heterocycles. The average molecular weight is 463 g/mol. The van der Waals surface area contributed by atoms with Crippen molar-refractivity contribution in [2.24, 2.45) is 4.99 Å². The fourth-order valence-electron chi connectivity index (χ4n) is 4.15. The Balaban J connectivity index is 1.44. The number of nitrogens with zero attached hydrogens (tertiary/aromatic N) is 3. The van der Waals surface area contributed by atoms with E-state index in [9.17, 15) is 0 Å². The van der Waals surface area contributed by atoms with Crippen molar-refractivity contribution >= 4 is 17.6 Å². The molecule has 2 aliphatic rings. The molecule has 1 aromatic heterocycles. The highest BCUT2D eigenvalue weighted by Gasteiger charge is 2.28. The van der Waals surface area contributed by atoms with E-state index >= 15 is 4.39 Å². The van der Waals surface area contributed by atoms with Crippen molar-refractivity contribution in [3.8, 4) is 0 Å². The zero-order valence-corrected chi connectivity index (χ0v) is 19.9. The Morgan fingerprint density at radius 1 is 1.09 bits per heavy atom. The van der Waals surface area contributed by atoms with Gasteiger partial charge in [-0.3, -0.25) is 9.83 Å². The van der Waals surface area contributed by atoms with Crippen molar-refractivity contribution in [3.63, 3.8) is 0 Å². The Labute approximate surface area is 197 Å². The largest absolute Gasteiger partial charge is 0.272 e. The molecule has 5 rings (SSSR count). The predicted molar refractivity (Wildman–Crippen MR) is 128 cm³/mol. The van der Waals surface area contributed by atoms with Crippen LogP contribution in [0.4, 0.5) is 4.39 Å². The van der Waals surface area contributed by atoms with Gasteiger partial charge in [0.1, 0.15) is 10.8 Å². The average Bonchev–Trinajstić information content (AvgIpc) is 3.64. The summed E-state index contributed by atoms with van der Waals surface area (Å²) in [5.74, 6) is 0.800. The number of halogens is 1. The number of hydrogen-bond donors (Lipinski definition) is 1. The van der Waals surface area contributed by atoms with Crippen LogP contribution in [0.25, 0.3) is 0 Å². The second-order valence-corrected chi connectivity index (χ2v) is 9.95. The minimum Gasteiger partial charge on any atom is -0.272 e. The summed E-state index contributed by atoms with van der Waals surface area (Å²) in [5.41, 5.74) is 9.06. The number of aromatic nitrogens is 2. The van der Waals surface area contributed by atoms with Crippen LogP contribution < -0.4 is 5.48 Å². The fraction of sp³-hybridized carbons (Fsp3) is 0.346. The zero-order valence-electron chi connectivity index (χ0n) is 19.1. The second-order valence-electron chi connectivity index (χ2n) is 8.92. The first-order valence-electron chi connectivity index (χ1n) is 11.3. The minimum absolute atomic E-state index is 0.0242. The van der Waals surface area contributed by atoms with Gasteiger partial charge in [0, 0.05) is 4.90 Å². The standard InChI is InChI=1S/C26H27FN4OS/c1-15-7-8-19(16(2)11-15)13-20-14-32-31-25(28-20)22-12-17(3)29-30-26(22)33-23-6-4-5-21(24(23)27)18-9-10-18/h4-8,11-12,18,20H,9-10,13-14H2,1-3H3,(H,28,31). The molecule has 1 N–H and O–H groups in total. The summed E-state index contributed by atoms with van der Waals surface area (Å²) in [7, 11) is 0. The summed E-state index contributed by atoms with van der Waals surface area (Å²) in [6.07, 6.45) is 2.90. The van der Waals surface area contributed by atoms with E-state index in [1.54, 1.807) is 6.07 Å². The van der Waals surface area contributed by atoms with Crippen LogP contribution in [0.2, 0.25) is 0 Å². The SMILES string of the molecule is Cc1ccc(CC2CONC(c3cc(C)nnc3Sc3cccc(C4CC4)c3F)=N2)c(C)c1. The molecular formula is C26H27FN4OS. The third-order valence-corrected chi connectivity index (χ3v) is 7.09. The Morgan fingerprint density at radius 2 is 1.94 bits per heavy atom. The lowest BCUT2D eigenvalue weighted by Gasteiger charge is -2.23. The van der Waals surface area contributed by atoms with Gasteiger partial charge >= 0.3 is 0 Å². The van der Waals surface area contributed by atoms with Crippen LogP contribution in [0.15, 0.2) is 57.4 Å².